The maximum absolute atomic E-state index is 13.7. The summed E-state index contributed by atoms with van der Waals surface area (Å²) < 4.78 is 31.5. The Labute approximate surface area is 241 Å². The number of carbonyl (C=O) groups is 2. The molecule has 1 fully saturated rings. The number of para-hydroxylation sites is 1. The van der Waals surface area contributed by atoms with Gasteiger partial charge in [0.05, 0.1) is 0 Å². The van der Waals surface area contributed by atoms with Crippen molar-refractivity contribution in [2.75, 3.05) is 0 Å². The molecule has 5 nitrogen and oxygen atoms in total. The normalized spacial score (nSPS) is 15.8. The summed E-state index contributed by atoms with van der Waals surface area (Å²) in [6.45, 7) is 2.11. The minimum atomic E-state index is -5.19. The number of hydrogen-bond acceptors (Lipinski definition) is 3. The zero-order valence-electron chi connectivity index (χ0n) is 21.9. The van der Waals surface area contributed by atoms with E-state index < -0.39 is 17.7 Å². The number of benzene rings is 3. The molecule has 0 spiro atoms. The number of carbonyl (C=O) groups excluding carboxylic acids is 2. The average molecular weight is 595 g/mol. The van der Waals surface area contributed by atoms with Crippen molar-refractivity contribution in [1.29, 1.82) is 0 Å². The highest BCUT2D eigenvalue weighted by atomic mass is 35.5. The molecule has 40 heavy (non-hydrogen) atoms. The van der Waals surface area contributed by atoms with Gasteiger partial charge >= 0.3 is 6.18 Å². The minimum absolute atomic E-state index is 0.0454. The van der Waals surface area contributed by atoms with Gasteiger partial charge in [0, 0.05) is 34.8 Å². The number of carboxylic acids is 1. The van der Waals surface area contributed by atoms with Crippen molar-refractivity contribution >= 4 is 40.8 Å². The third-order valence-electron chi connectivity index (χ3n) is 7.05. The lowest BCUT2D eigenvalue weighted by molar-refractivity contribution is -0.637. The number of quaternary nitrogens is 1. The molecule has 0 aliphatic heterocycles. The van der Waals surface area contributed by atoms with E-state index in [2.05, 4.69) is 54.0 Å². The van der Waals surface area contributed by atoms with Gasteiger partial charge in [-0.15, -0.1) is 0 Å². The van der Waals surface area contributed by atoms with Crippen LogP contribution in [0.5, 0.6) is 0 Å². The first-order valence-electron chi connectivity index (χ1n) is 12.9. The topological polar surface area (TPSA) is 85.8 Å². The Morgan fingerprint density at radius 1 is 0.925 bits per heavy atom. The second-order valence-corrected chi connectivity index (χ2v) is 10.8. The molecule has 0 bridgehead atoms. The number of carboxylic acid groups (broad SMARTS) is 1. The van der Waals surface area contributed by atoms with E-state index in [4.69, 9.17) is 33.1 Å². The predicted molar refractivity (Wildman–Crippen MR) is 147 cm³/mol. The van der Waals surface area contributed by atoms with Crippen LogP contribution in [0.4, 0.5) is 18.9 Å². The molecule has 0 unspecified atom stereocenters. The van der Waals surface area contributed by atoms with Crippen LogP contribution < -0.4 is 15.7 Å². The van der Waals surface area contributed by atoms with Crippen LogP contribution in [0.1, 0.15) is 49.7 Å². The fourth-order valence-corrected chi connectivity index (χ4v) is 5.18. The van der Waals surface area contributed by atoms with Gasteiger partial charge in [-0.1, -0.05) is 65.7 Å². The summed E-state index contributed by atoms with van der Waals surface area (Å²) in [6.07, 6.45) is -0.449. The molecule has 1 aliphatic rings. The lowest BCUT2D eigenvalue weighted by atomic mass is 9.85. The summed E-state index contributed by atoms with van der Waals surface area (Å²) >= 11 is 12.2. The van der Waals surface area contributed by atoms with Crippen LogP contribution in [0.25, 0.3) is 0 Å². The SMILES string of the molecule is C[C@@H](NC(=O)C1([NH2+]c2ccccc2)CCCC1)[C@H](Cc1ccc(Cl)cc1)c1ccc(Cl)cc1.O=C([O-])C(F)(F)F. The van der Waals surface area contributed by atoms with Crippen molar-refractivity contribution in [2.24, 2.45) is 0 Å². The molecule has 1 amide bonds. The van der Waals surface area contributed by atoms with Gasteiger partial charge < -0.3 is 20.5 Å². The highest BCUT2D eigenvalue weighted by Gasteiger charge is 2.46. The fraction of sp³-hybridized carbons (Fsp3) is 0.333. The summed E-state index contributed by atoms with van der Waals surface area (Å²) in [5.74, 6) is -2.76. The van der Waals surface area contributed by atoms with E-state index in [1.165, 1.54) is 5.56 Å². The molecule has 4 rings (SSSR count). The Morgan fingerprint density at radius 3 is 1.93 bits per heavy atom. The van der Waals surface area contributed by atoms with Crippen molar-refractivity contribution in [3.8, 4) is 0 Å². The van der Waals surface area contributed by atoms with E-state index in [1.807, 2.05) is 42.5 Å². The van der Waals surface area contributed by atoms with E-state index in [0.717, 1.165) is 48.4 Å². The number of aliphatic carboxylic acids is 1. The summed E-state index contributed by atoms with van der Waals surface area (Å²) in [5.41, 5.74) is 3.01. The molecule has 0 heterocycles. The molecule has 3 aromatic carbocycles. The van der Waals surface area contributed by atoms with Crippen LogP contribution in [-0.4, -0.2) is 29.6 Å². The van der Waals surface area contributed by atoms with Gasteiger partial charge in [0.25, 0.3) is 5.91 Å². The first-order chi connectivity index (χ1) is 18.9. The predicted octanol–water partition coefficient (Wildman–Crippen LogP) is 5.33. The molecular formula is C30H31Cl2F3N2O3. The Morgan fingerprint density at radius 2 is 1.43 bits per heavy atom. The molecule has 3 aromatic rings. The highest BCUT2D eigenvalue weighted by molar-refractivity contribution is 6.30. The maximum Gasteiger partial charge on any atom is 0.430 e. The maximum atomic E-state index is 13.7. The van der Waals surface area contributed by atoms with E-state index in [1.54, 1.807) is 0 Å². The van der Waals surface area contributed by atoms with Gasteiger partial charge in [-0.2, -0.15) is 13.2 Å². The first-order valence-corrected chi connectivity index (χ1v) is 13.7. The number of alkyl halides is 3. The summed E-state index contributed by atoms with van der Waals surface area (Å²) in [7, 11) is 0. The van der Waals surface area contributed by atoms with Gasteiger partial charge in [0.1, 0.15) is 11.7 Å². The van der Waals surface area contributed by atoms with Crippen LogP contribution in [-0.2, 0) is 16.0 Å². The zero-order chi connectivity index (χ0) is 29.3. The summed E-state index contributed by atoms with van der Waals surface area (Å²) in [4.78, 5) is 22.5. The van der Waals surface area contributed by atoms with E-state index in [9.17, 15) is 18.0 Å². The lowest BCUT2D eigenvalue weighted by Crippen LogP contribution is -2.95. The van der Waals surface area contributed by atoms with Crippen molar-refractivity contribution in [3.05, 3.63) is 100 Å². The molecule has 1 saturated carbocycles. The zero-order valence-corrected chi connectivity index (χ0v) is 23.4. The number of halogens is 5. The molecular weight excluding hydrogens is 564 g/mol. The number of hydrogen-bond donors (Lipinski definition) is 2. The Hall–Kier alpha value is -3.07. The van der Waals surface area contributed by atoms with Gasteiger partial charge in [0.15, 0.2) is 5.54 Å². The van der Waals surface area contributed by atoms with E-state index in [0.29, 0.717) is 5.02 Å². The van der Waals surface area contributed by atoms with Crippen LogP contribution >= 0.6 is 23.2 Å². The smallest absolute Gasteiger partial charge is 0.430 e. The molecule has 3 N–H and O–H groups in total. The second kappa shape index (κ2) is 14.0. The van der Waals surface area contributed by atoms with Gasteiger partial charge in [-0.25, -0.2) is 0 Å². The molecule has 1 aliphatic carbocycles. The van der Waals surface area contributed by atoms with E-state index in [-0.39, 0.29) is 17.9 Å². The minimum Gasteiger partial charge on any atom is -0.542 e. The lowest BCUT2D eigenvalue weighted by Gasteiger charge is -2.31. The van der Waals surface area contributed by atoms with Crippen molar-refractivity contribution in [2.45, 2.75) is 62.7 Å². The second-order valence-electron chi connectivity index (χ2n) is 9.95. The highest BCUT2D eigenvalue weighted by Crippen LogP contribution is 2.30. The molecule has 2 atom stereocenters. The van der Waals surface area contributed by atoms with Gasteiger partial charge in [-0.3, -0.25) is 4.79 Å². The Kier molecular flexibility index (Phi) is 11.0. The average Bonchev–Trinajstić information content (AvgIpc) is 3.39. The summed E-state index contributed by atoms with van der Waals surface area (Å²) in [6, 6.07) is 26.1. The van der Waals surface area contributed by atoms with Crippen molar-refractivity contribution < 1.29 is 33.2 Å². The number of nitrogens with two attached hydrogens (primary N) is 1. The fourth-order valence-electron chi connectivity index (χ4n) is 4.93. The molecule has 0 radical (unpaired) electrons. The first kappa shape index (κ1) is 31.5. The monoisotopic (exact) mass is 594 g/mol. The quantitative estimate of drug-likeness (QED) is 0.346. The van der Waals surface area contributed by atoms with Gasteiger partial charge in [-0.05, 0) is 73.7 Å². The summed E-state index contributed by atoms with van der Waals surface area (Å²) in [5, 5.41) is 15.8. The third kappa shape index (κ3) is 8.98. The van der Waals surface area contributed by atoms with Gasteiger partial charge in [0.2, 0.25) is 0 Å². The number of rotatable bonds is 8. The van der Waals surface area contributed by atoms with E-state index >= 15 is 0 Å². The largest absolute Gasteiger partial charge is 0.542 e. The third-order valence-corrected chi connectivity index (χ3v) is 7.56. The molecule has 0 aromatic heterocycles. The molecule has 0 saturated heterocycles. The Balaban J connectivity index is 0.000000559. The number of amides is 1. The van der Waals surface area contributed by atoms with Crippen molar-refractivity contribution in [3.63, 3.8) is 0 Å². The van der Waals surface area contributed by atoms with Crippen molar-refractivity contribution in [1.82, 2.24) is 5.32 Å². The Bertz CT molecular complexity index is 1250. The molecule has 10 heteroatoms. The van der Waals surface area contributed by atoms with Crippen LogP contribution in [0.2, 0.25) is 10.0 Å². The van der Waals surface area contributed by atoms with Crippen LogP contribution in [0.3, 0.4) is 0 Å². The van der Waals surface area contributed by atoms with Crippen LogP contribution in [0.15, 0.2) is 78.9 Å². The molecule has 214 valence electrons. The standard InChI is InChI=1S/C28H30Cl2N2O.C2HF3O2/c1-20(31-27(33)28(17-5-6-18-28)32-25-7-3-2-4-8-25)26(22-11-15-24(30)16-12-22)19-21-9-13-23(29)14-10-21;3-2(4,5)1(6)7/h2-4,7-16,20,26,32H,5-6,17-19H2,1H3,(H,31,33);(H,6,7)/t20-,26+;/m1./s1. The number of nitrogens with one attached hydrogen (secondary N) is 1. The van der Waals surface area contributed by atoms with Crippen LogP contribution in [0, 0.1) is 0 Å².